The first-order valence-corrected chi connectivity index (χ1v) is 6.23. The molecule has 19 heavy (non-hydrogen) atoms. The average molecular weight is 277 g/mol. The number of aliphatic hydroxyl groups excluding tert-OH is 1. The zero-order valence-electron chi connectivity index (χ0n) is 10.2. The third-order valence-corrected chi connectivity index (χ3v) is 2.87. The van der Waals surface area contributed by atoms with Crippen LogP contribution in [0.3, 0.4) is 0 Å². The topological polar surface area (TPSA) is 46.5 Å². The van der Waals surface area contributed by atoms with Crippen molar-refractivity contribution in [2.45, 2.75) is 0 Å². The Hall–Kier alpha value is -1.84. The van der Waals surface area contributed by atoms with Crippen LogP contribution in [0.1, 0.15) is 15.9 Å². The van der Waals surface area contributed by atoms with E-state index in [0.29, 0.717) is 21.9 Å². The van der Waals surface area contributed by atoms with Gasteiger partial charge in [0.1, 0.15) is 12.4 Å². The van der Waals surface area contributed by atoms with E-state index in [1.165, 1.54) is 0 Å². The van der Waals surface area contributed by atoms with Crippen LogP contribution in [0, 0.1) is 0 Å². The smallest absolute Gasteiger partial charge is 0.193 e. The zero-order chi connectivity index (χ0) is 13.7. The summed E-state index contributed by atoms with van der Waals surface area (Å²) in [6.45, 7) is 0.0900. The second kappa shape index (κ2) is 6.36. The Morgan fingerprint density at radius 1 is 1.11 bits per heavy atom. The standard InChI is InChI=1S/C15H13ClO3/c16-13-10-12(6-7-14(13)19-9-8-17)15(18)11-4-2-1-3-5-11/h1-7,10,17H,8-9H2. The molecule has 0 aliphatic rings. The minimum absolute atomic E-state index is 0.0823. The molecular weight excluding hydrogens is 264 g/mol. The van der Waals surface area contributed by atoms with Gasteiger partial charge < -0.3 is 9.84 Å². The second-order valence-electron chi connectivity index (χ2n) is 3.91. The third-order valence-electron chi connectivity index (χ3n) is 2.58. The highest BCUT2D eigenvalue weighted by Gasteiger charge is 2.11. The van der Waals surface area contributed by atoms with Crippen molar-refractivity contribution in [1.82, 2.24) is 0 Å². The first-order chi connectivity index (χ1) is 9.22. The Morgan fingerprint density at radius 2 is 1.84 bits per heavy atom. The third kappa shape index (κ3) is 3.34. The van der Waals surface area contributed by atoms with E-state index in [2.05, 4.69) is 0 Å². The van der Waals surface area contributed by atoms with Gasteiger partial charge in [0, 0.05) is 11.1 Å². The molecule has 0 radical (unpaired) electrons. The number of carbonyl (C=O) groups is 1. The van der Waals surface area contributed by atoms with Crippen molar-refractivity contribution in [3.8, 4) is 5.75 Å². The van der Waals surface area contributed by atoms with Crippen molar-refractivity contribution >= 4 is 17.4 Å². The molecule has 0 saturated heterocycles. The summed E-state index contributed by atoms with van der Waals surface area (Å²) in [6, 6.07) is 13.9. The lowest BCUT2D eigenvalue weighted by Crippen LogP contribution is -2.04. The summed E-state index contributed by atoms with van der Waals surface area (Å²) < 4.78 is 5.23. The predicted molar refractivity (Wildman–Crippen MR) is 73.9 cm³/mol. The number of aliphatic hydroxyl groups is 1. The highest BCUT2D eigenvalue weighted by molar-refractivity contribution is 6.32. The van der Waals surface area contributed by atoms with Crippen LogP contribution in [0.2, 0.25) is 5.02 Å². The quantitative estimate of drug-likeness (QED) is 0.854. The number of hydrogen-bond acceptors (Lipinski definition) is 3. The summed E-state index contributed by atoms with van der Waals surface area (Å²) in [5.41, 5.74) is 1.12. The van der Waals surface area contributed by atoms with Crippen LogP contribution in [0.25, 0.3) is 0 Å². The summed E-state index contributed by atoms with van der Waals surface area (Å²) in [4.78, 5) is 12.2. The van der Waals surface area contributed by atoms with E-state index >= 15 is 0 Å². The predicted octanol–water partition coefficient (Wildman–Crippen LogP) is 2.94. The number of carbonyl (C=O) groups excluding carboxylic acids is 1. The molecule has 3 nitrogen and oxygen atoms in total. The Morgan fingerprint density at radius 3 is 2.47 bits per heavy atom. The van der Waals surface area contributed by atoms with Crippen molar-refractivity contribution in [2.75, 3.05) is 13.2 Å². The molecule has 0 bridgehead atoms. The lowest BCUT2D eigenvalue weighted by atomic mass is 10.0. The van der Waals surface area contributed by atoms with Crippen LogP contribution < -0.4 is 4.74 Å². The molecular formula is C15H13ClO3. The van der Waals surface area contributed by atoms with Crippen LogP contribution in [0.5, 0.6) is 5.75 Å². The molecule has 0 unspecified atom stereocenters. The molecule has 1 N–H and O–H groups in total. The average Bonchev–Trinajstić information content (AvgIpc) is 2.46. The number of ether oxygens (including phenoxy) is 1. The number of hydrogen-bond donors (Lipinski definition) is 1. The number of rotatable bonds is 5. The van der Waals surface area contributed by atoms with Crippen molar-refractivity contribution in [3.63, 3.8) is 0 Å². The molecule has 0 atom stereocenters. The van der Waals surface area contributed by atoms with E-state index in [1.807, 2.05) is 18.2 Å². The largest absolute Gasteiger partial charge is 0.490 e. The fourth-order valence-corrected chi connectivity index (χ4v) is 1.91. The van der Waals surface area contributed by atoms with E-state index < -0.39 is 0 Å². The van der Waals surface area contributed by atoms with Crippen LogP contribution in [0.15, 0.2) is 48.5 Å². The van der Waals surface area contributed by atoms with E-state index in [4.69, 9.17) is 21.4 Å². The summed E-state index contributed by atoms with van der Waals surface area (Å²) >= 11 is 6.04. The zero-order valence-corrected chi connectivity index (χ0v) is 10.9. The molecule has 98 valence electrons. The maximum absolute atomic E-state index is 12.2. The molecule has 2 aromatic rings. The van der Waals surface area contributed by atoms with Gasteiger partial charge in [0.25, 0.3) is 0 Å². The van der Waals surface area contributed by atoms with Crippen LogP contribution in [-0.4, -0.2) is 24.1 Å². The molecule has 0 saturated carbocycles. The number of ketones is 1. The fraction of sp³-hybridized carbons (Fsp3) is 0.133. The fourth-order valence-electron chi connectivity index (χ4n) is 1.67. The van der Waals surface area contributed by atoms with Gasteiger partial charge in [-0.3, -0.25) is 4.79 Å². The summed E-state index contributed by atoms with van der Waals surface area (Å²) in [5.74, 6) is 0.372. The van der Waals surface area contributed by atoms with E-state index in [0.717, 1.165) is 0 Å². The van der Waals surface area contributed by atoms with E-state index in [1.54, 1.807) is 30.3 Å². The minimum Gasteiger partial charge on any atom is -0.490 e. The summed E-state index contributed by atoms with van der Waals surface area (Å²) in [7, 11) is 0. The maximum Gasteiger partial charge on any atom is 0.193 e. The Labute approximate surface area is 116 Å². The lowest BCUT2D eigenvalue weighted by Gasteiger charge is -2.08. The van der Waals surface area contributed by atoms with Gasteiger partial charge in [0.15, 0.2) is 5.78 Å². The second-order valence-corrected chi connectivity index (χ2v) is 4.32. The van der Waals surface area contributed by atoms with Gasteiger partial charge in [0.2, 0.25) is 0 Å². The molecule has 4 heteroatoms. The van der Waals surface area contributed by atoms with E-state index in [9.17, 15) is 4.79 Å². The van der Waals surface area contributed by atoms with Gasteiger partial charge in [-0.15, -0.1) is 0 Å². The molecule has 0 aliphatic heterocycles. The first kappa shape index (κ1) is 13.6. The van der Waals surface area contributed by atoms with Gasteiger partial charge >= 0.3 is 0 Å². The van der Waals surface area contributed by atoms with Crippen molar-refractivity contribution in [1.29, 1.82) is 0 Å². The van der Waals surface area contributed by atoms with Crippen LogP contribution >= 0.6 is 11.6 Å². The Balaban J connectivity index is 2.22. The molecule has 2 aromatic carbocycles. The van der Waals surface area contributed by atoms with Crippen molar-refractivity contribution in [2.24, 2.45) is 0 Å². The van der Waals surface area contributed by atoms with Gasteiger partial charge in [-0.2, -0.15) is 0 Å². The van der Waals surface area contributed by atoms with Crippen LogP contribution in [0.4, 0.5) is 0 Å². The molecule has 0 heterocycles. The van der Waals surface area contributed by atoms with Gasteiger partial charge in [0.05, 0.1) is 11.6 Å². The molecule has 0 amide bonds. The van der Waals surface area contributed by atoms with Gasteiger partial charge in [-0.05, 0) is 18.2 Å². The Kier molecular flexibility index (Phi) is 4.55. The van der Waals surface area contributed by atoms with E-state index in [-0.39, 0.29) is 19.0 Å². The maximum atomic E-state index is 12.2. The first-order valence-electron chi connectivity index (χ1n) is 5.85. The van der Waals surface area contributed by atoms with Crippen molar-refractivity contribution < 1.29 is 14.6 Å². The lowest BCUT2D eigenvalue weighted by molar-refractivity contribution is 0.103. The Bertz CT molecular complexity index is 567. The molecule has 0 fully saturated rings. The highest BCUT2D eigenvalue weighted by Crippen LogP contribution is 2.26. The molecule has 0 aliphatic carbocycles. The SMILES string of the molecule is O=C(c1ccccc1)c1ccc(OCCO)c(Cl)c1. The van der Waals surface area contributed by atoms with Crippen LogP contribution in [-0.2, 0) is 0 Å². The van der Waals surface area contributed by atoms with Crippen molar-refractivity contribution in [3.05, 3.63) is 64.7 Å². The minimum atomic E-state index is -0.0868. The molecule has 2 rings (SSSR count). The summed E-state index contributed by atoms with van der Waals surface area (Å²) in [5, 5.41) is 9.04. The van der Waals surface area contributed by atoms with Gasteiger partial charge in [-0.1, -0.05) is 41.9 Å². The summed E-state index contributed by atoms with van der Waals surface area (Å²) in [6.07, 6.45) is 0. The highest BCUT2D eigenvalue weighted by atomic mass is 35.5. The monoisotopic (exact) mass is 276 g/mol. The number of halogens is 1. The number of benzene rings is 2. The van der Waals surface area contributed by atoms with Gasteiger partial charge in [-0.25, -0.2) is 0 Å². The molecule has 0 aromatic heterocycles. The normalized spacial score (nSPS) is 10.2. The molecule has 0 spiro atoms.